The summed E-state index contributed by atoms with van der Waals surface area (Å²) in [5.74, 6) is 1.58. The predicted octanol–water partition coefficient (Wildman–Crippen LogP) is 3.81. The smallest absolute Gasteiger partial charge is 0.235 e. The maximum absolute atomic E-state index is 12.7. The molecule has 0 bridgehead atoms. The Hall–Kier alpha value is -3.39. The molecule has 0 amide bonds. The Kier molecular flexibility index (Phi) is 7.03. The summed E-state index contributed by atoms with van der Waals surface area (Å²) in [7, 11) is -3.51. The van der Waals surface area contributed by atoms with Crippen LogP contribution in [-0.2, 0) is 21.4 Å². The summed E-state index contributed by atoms with van der Waals surface area (Å²) in [6.07, 6.45) is 3.97. The van der Waals surface area contributed by atoms with E-state index in [2.05, 4.69) is 4.98 Å². The lowest BCUT2D eigenvalue weighted by atomic mass is 10.2. The lowest BCUT2D eigenvalue weighted by Gasteiger charge is -2.24. The molecule has 0 saturated heterocycles. The molecule has 0 aliphatic carbocycles. The van der Waals surface area contributed by atoms with Crippen molar-refractivity contribution in [3.63, 3.8) is 0 Å². The van der Waals surface area contributed by atoms with Crippen molar-refractivity contribution in [2.45, 2.75) is 13.5 Å². The van der Waals surface area contributed by atoms with Gasteiger partial charge in [0.15, 0.2) is 6.29 Å². The minimum atomic E-state index is -3.51. The third kappa shape index (κ3) is 5.57. The Morgan fingerprint density at radius 2 is 1.77 bits per heavy atom. The molecule has 0 saturated carbocycles. The second-order valence-corrected chi connectivity index (χ2v) is 8.50. The number of aromatic nitrogens is 1. The van der Waals surface area contributed by atoms with Gasteiger partial charge in [-0.2, -0.15) is 0 Å². The van der Waals surface area contributed by atoms with E-state index in [4.69, 9.17) is 9.47 Å². The number of nitrogens with zero attached hydrogens (tertiary/aromatic N) is 2. The first-order valence-corrected chi connectivity index (χ1v) is 11.0. The number of carbonyl (C=O) groups is 1. The standard InChI is InChI=1S/C22H22N2O5S/c1-2-30(26,27)24(17-18-5-4-12-23-16-18)19-6-3-7-22(15-19)29-21-10-8-20(9-11-21)28-14-13-25/h3-13,15-16H,2,14,17H2,1H3. The Balaban J connectivity index is 1.83. The number of hydrogen-bond acceptors (Lipinski definition) is 6. The summed E-state index contributed by atoms with van der Waals surface area (Å²) in [6.45, 7) is 1.78. The molecule has 0 N–H and O–H groups in total. The van der Waals surface area contributed by atoms with Crippen LogP contribution >= 0.6 is 0 Å². The molecule has 3 aromatic rings. The van der Waals surface area contributed by atoms with Gasteiger partial charge in [-0.15, -0.1) is 0 Å². The van der Waals surface area contributed by atoms with Gasteiger partial charge in [0.1, 0.15) is 23.9 Å². The zero-order valence-corrected chi connectivity index (χ0v) is 17.3. The predicted molar refractivity (Wildman–Crippen MR) is 114 cm³/mol. The molecule has 0 aliphatic heterocycles. The molecule has 0 unspecified atom stereocenters. The number of ether oxygens (including phenoxy) is 2. The molecular formula is C22H22N2O5S. The molecule has 1 aromatic heterocycles. The summed E-state index contributed by atoms with van der Waals surface area (Å²) < 4.78 is 37.9. The fraction of sp³-hybridized carbons (Fsp3) is 0.182. The van der Waals surface area contributed by atoms with Crippen LogP contribution in [0, 0.1) is 0 Å². The number of sulfonamides is 1. The van der Waals surface area contributed by atoms with Crippen molar-refractivity contribution in [1.29, 1.82) is 0 Å². The van der Waals surface area contributed by atoms with Crippen LogP contribution in [0.15, 0.2) is 73.1 Å². The topological polar surface area (TPSA) is 85.8 Å². The Morgan fingerprint density at radius 3 is 2.43 bits per heavy atom. The fourth-order valence-electron chi connectivity index (χ4n) is 2.74. The number of hydrogen-bond donors (Lipinski definition) is 0. The second-order valence-electron chi connectivity index (χ2n) is 6.32. The third-order valence-electron chi connectivity index (χ3n) is 4.23. The monoisotopic (exact) mass is 426 g/mol. The van der Waals surface area contributed by atoms with E-state index in [0.29, 0.717) is 29.2 Å². The molecule has 0 radical (unpaired) electrons. The van der Waals surface area contributed by atoms with Gasteiger partial charge in [0, 0.05) is 18.5 Å². The molecule has 30 heavy (non-hydrogen) atoms. The normalized spacial score (nSPS) is 11.0. The number of carbonyl (C=O) groups excluding carboxylic acids is 1. The molecule has 0 spiro atoms. The van der Waals surface area contributed by atoms with Crippen molar-refractivity contribution in [3.05, 3.63) is 78.6 Å². The summed E-state index contributed by atoms with van der Waals surface area (Å²) >= 11 is 0. The lowest BCUT2D eigenvalue weighted by molar-refractivity contribution is -0.109. The first-order chi connectivity index (χ1) is 14.5. The first-order valence-electron chi connectivity index (χ1n) is 9.35. The van der Waals surface area contributed by atoms with Gasteiger partial charge in [-0.05, 0) is 55.0 Å². The van der Waals surface area contributed by atoms with Crippen molar-refractivity contribution in [3.8, 4) is 17.2 Å². The van der Waals surface area contributed by atoms with E-state index in [1.165, 1.54) is 4.31 Å². The molecule has 2 aromatic carbocycles. The van der Waals surface area contributed by atoms with Crippen molar-refractivity contribution in [1.82, 2.24) is 4.98 Å². The summed E-state index contributed by atoms with van der Waals surface area (Å²) in [5.41, 5.74) is 1.29. The fourth-order valence-corrected chi connectivity index (χ4v) is 3.83. The van der Waals surface area contributed by atoms with Crippen LogP contribution in [0.25, 0.3) is 0 Å². The molecular weight excluding hydrogens is 404 g/mol. The minimum Gasteiger partial charge on any atom is -0.486 e. The van der Waals surface area contributed by atoms with Gasteiger partial charge >= 0.3 is 0 Å². The number of rotatable bonds is 10. The Morgan fingerprint density at radius 1 is 1.00 bits per heavy atom. The van der Waals surface area contributed by atoms with Crippen LogP contribution in [-0.4, -0.2) is 32.0 Å². The number of benzene rings is 2. The summed E-state index contributed by atoms with van der Waals surface area (Å²) in [4.78, 5) is 14.4. The van der Waals surface area contributed by atoms with Crippen molar-refractivity contribution in [2.75, 3.05) is 16.7 Å². The van der Waals surface area contributed by atoms with E-state index in [9.17, 15) is 13.2 Å². The summed E-state index contributed by atoms with van der Waals surface area (Å²) in [6, 6.07) is 17.3. The number of pyridine rings is 1. The largest absolute Gasteiger partial charge is 0.486 e. The molecule has 0 atom stereocenters. The van der Waals surface area contributed by atoms with Gasteiger partial charge < -0.3 is 9.47 Å². The van der Waals surface area contributed by atoms with Crippen LogP contribution in [0.2, 0.25) is 0 Å². The van der Waals surface area contributed by atoms with Crippen LogP contribution < -0.4 is 13.8 Å². The molecule has 3 rings (SSSR count). The number of aldehydes is 1. The van der Waals surface area contributed by atoms with Gasteiger partial charge in [0.2, 0.25) is 10.0 Å². The highest BCUT2D eigenvalue weighted by atomic mass is 32.2. The van der Waals surface area contributed by atoms with E-state index >= 15 is 0 Å². The molecule has 0 aliphatic rings. The minimum absolute atomic E-state index is 0.0130. The van der Waals surface area contributed by atoms with Gasteiger partial charge in [0.05, 0.1) is 18.0 Å². The Labute approximate surface area is 175 Å². The molecule has 8 heteroatoms. The molecule has 1 heterocycles. The number of anilines is 1. The van der Waals surface area contributed by atoms with Gasteiger partial charge in [-0.1, -0.05) is 12.1 Å². The highest BCUT2D eigenvalue weighted by Crippen LogP contribution is 2.29. The van der Waals surface area contributed by atoms with Gasteiger partial charge in [0.25, 0.3) is 0 Å². The zero-order chi connectivity index (χ0) is 21.4. The molecule has 0 fully saturated rings. The SMILES string of the molecule is CCS(=O)(=O)N(Cc1cccnc1)c1cccc(Oc2ccc(OCC=O)cc2)c1. The molecule has 7 nitrogen and oxygen atoms in total. The lowest BCUT2D eigenvalue weighted by Crippen LogP contribution is -2.31. The van der Waals surface area contributed by atoms with E-state index < -0.39 is 10.0 Å². The summed E-state index contributed by atoms with van der Waals surface area (Å²) in [5, 5.41) is 0. The molecule has 156 valence electrons. The van der Waals surface area contributed by atoms with Crippen LogP contribution in [0.4, 0.5) is 5.69 Å². The van der Waals surface area contributed by atoms with Crippen LogP contribution in [0.1, 0.15) is 12.5 Å². The maximum Gasteiger partial charge on any atom is 0.235 e. The van der Waals surface area contributed by atoms with Crippen LogP contribution in [0.3, 0.4) is 0 Å². The second kappa shape index (κ2) is 9.89. The average Bonchev–Trinajstić information content (AvgIpc) is 2.78. The maximum atomic E-state index is 12.7. The van der Waals surface area contributed by atoms with Crippen LogP contribution in [0.5, 0.6) is 17.2 Å². The van der Waals surface area contributed by atoms with Crippen molar-refractivity contribution < 1.29 is 22.7 Å². The van der Waals surface area contributed by atoms with Gasteiger partial charge in [-0.3, -0.25) is 14.1 Å². The van der Waals surface area contributed by atoms with E-state index in [1.54, 1.807) is 73.9 Å². The highest BCUT2D eigenvalue weighted by Gasteiger charge is 2.21. The van der Waals surface area contributed by atoms with Crippen molar-refractivity contribution in [2.24, 2.45) is 0 Å². The quantitative estimate of drug-likeness (QED) is 0.458. The Bertz CT molecular complexity index is 1070. The van der Waals surface area contributed by atoms with Crippen molar-refractivity contribution >= 4 is 22.0 Å². The average molecular weight is 426 g/mol. The first kappa shape index (κ1) is 21.3. The van der Waals surface area contributed by atoms with E-state index in [-0.39, 0.29) is 18.9 Å². The zero-order valence-electron chi connectivity index (χ0n) is 16.5. The third-order valence-corrected chi connectivity index (χ3v) is 5.97. The van der Waals surface area contributed by atoms with E-state index in [0.717, 1.165) is 5.56 Å². The van der Waals surface area contributed by atoms with E-state index in [1.807, 2.05) is 6.07 Å². The highest BCUT2D eigenvalue weighted by molar-refractivity contribution is 7.92. The van der Waals surface area contributed by atoms with Gasteiger partial charge in [-0.25, -0.2) is 8.42 Å².